The first-order chi connectivity index (χ1) is 11.6. The van der Waals surface area contributed by atoms with Crippen molar-refractivity contribution in [2.45, 2.75) is 6.04 Å². The molecule has 0 saturated carbocycles. The summed E-state index contributed by atoms with van der Waals surface area (Å²) in [5.41, 5.74) is 1.61. The average molecular weight is 331 g/mol. The number of hydrogen-bond acceptors (Lipinski definition) is 3. The van der Waals surface area contributed by atoms with Gasteiger partial charge in [0.05, 0.1) is 19.3 Å². The number of nitrogens with one attached hydrogen (secondary N) is 1. The number of carbonyl (C=O) groups excluding carboxylic acids is 1. The third-order valence-corrected chi connectivity index (χ3v) is 4.37. The second-order valence-electron chi connectivity index (χ2n) is 5.93. The maximum Gasteiger partial charge on any atom is 0.267 e. The summed E-state index contributed by atoms with van der Waals surface area (Å²) < 4.78 is 20.4. The van der Waals surface area contributed by atoms with Gasteiger partial charge < -0.3 is 14.6 Å². The molecule has 1 aromatic carbocycles. The molecule has 0 bridgehead atoms. The van der Waals surface area contributed by atoms with Crippen LogP contribution in [-0.4, -0.2) is 48.2 Å². The highest BCUT2D eigenvalue weighted by Crippen LogP contribution is 2.21. The van der Waals surface area contributed by atoms with Gasteiger partial charge in [0, 0.05) is 32.9 Å². The molecule has 1 aliphatic heterocycles. The quantitative estimate of drug-likeness (QED) is 0.911. The fraction of sp³-hybridized carbons (Fsp3) is 0.389. The number of rotatable bonds is 5. The molecule has 1 fully saturated rings. The molecule has 0 unspecified atom stereocenters. The van der Waals surface area contributed by atoms with Gasteiger partial charge in [0.2, 0.25) is 0 Å². The van der Waals surface area contributed by atoms with Crippen LogP contribution in [0.25, 0.3) is 0 Å². The topological polar surface area (TPSA) is 46.5 Å². The minimum absolute atomic E-state index is 0.00119. The van der Waals surface area contributed by atoms with Crippen molar-refractivity contribution in [3.8, 4) is 0 Å². The SMILES string of the molecule is Cn1cccc1C(=O)NC[C@H](c1ccc(F)cc1)N1CCOCC1. The molecule has 1 aliphatic rings. The van der Waals surface area contributed by atoms with Crippen molar-refractivity contribution < 1.29 is 13.9 Å². The van der Waals surface area contributed by atoms with E-state index in [0.717, 1.165) is 18.7 Å². The third-order valence-electron chi connectivity index (χ3n) is 4.37. The number of amides is 1. The van der Waals surface area contributed by atoms with Gasteiger partial charge in [0.15, 0.2) is 0 Å². The number of benzene rings is 1. The zero-order chi connectivity index (χ0) is 16.9. The Labute approximate surface area is 141 Å². The fourth-order valence-corrected chi connectivity index (χ4v) is 3.01. The smallest absolute Gasteiger partial charge is 0.267 e. The van der Waals surface area contributed by atoms with Gasteiger partial charge in [-0.2, -0.15) is 0 Å². The molecule has 0 radical (unpaired) electrons. The number of halogens is 1. The lowest BCUT2D eigenvalue weighted by atomic mass is 10.0. The van der Waals surface area contributed by atoms with E-state index in [4.69, 9.17) is 4.74 Å². The van der Waals surface area contributed by atoms with Crippen LogP contribution in [0.1, 0.15) is 22.1 Å². The fourth-order valence-electron chi connectivity index (χ4n) is 3.01. The van der Waals surface area contributed by atoms with Crippen LogP contribution >= 0.6 is 0 Å². The van der Waals surface area contributed by atoms with E-state index in [9.17, 15) is 9.18 Å². The predicted octanol–water partition coefficient (Wildman–Crippen LogP) is 1.97. The van der Waals surface area contributed by atoms with E-state index < -0.39 is 0 Å². The highest BCUT2D eigenvalue weighted by Gasteiger charge is 2.23. The molecule has 0 aliphatic carbocycles. The van der Waals surface area contributed by atoms with Crippen LogP contribution in [0.15, 0.2) is 42.6 Å². The standard InChI is InChI=1S/C18H22FN3O2/c1-21-8-2-3-16(21)18(23)20-13-17(22-9-11-24-12-10-22)14-4-6-15(19)7-5-14/h2-8,17H,9-13H2,1H3,(H,20,23)/t17-/m1/s1. The van der Waals surface area contributed by atoms with Gasteiger partial charge in [0.1, 0.15) is 11.5 Å². The molecular weight excluding hydrogens is 309 g/mol. The Kier molecular flexibility index (Phi) is 5.27. The largest absolute Gasteiger partial charge is 0.379 e. The van der Waals surface area contributed by atoms with Gasteiger partial charge in [0.25, 0.3) is 5.91 Å². The lowest BCUT2D eigenvalue weighted by Gasteiger charge is -2.35. The van der Waals surface area contributed by atoms with Crippen molar-refractivity contribution in [1.82, 2.24) is 14.8 Å². The second kappa shape index (κ2) is 7.59. The number of hydrogen-bond donors (Lipinski definition) is 1. The number of nitrogens with zero attached hydrogens (tertiary/aromatic N) is 2. The van der Waals surface area contributed by atoms with Crippen LogP contribution in [0, 0.1) is 5.82 Å². The van der Waals surface area contributed by atoms with Crippen molar-refractivity contribution >= 4 is 5.91 Å². The summed E-state index contributed by atoms with van der Waals surface area (Å²) in [5, 5.41) is 3.00. The number of ether oxygens (including phenoxy) is 1. The highest BCUT2D eigenvalue weighted by molar-refractivity contribution is 5.92. The van der Waals surface area contributed by atoms with E-state index in [1.54, 1.807) is 22.8 Å². The van der Waals surface area contributed by atoms with Gasteiger partial charge in [-0.25, -0.2) is 4.39 Å². The molecule has 2 aromatic rings. The lowest BCUT2D eigenvalue weighted by Crippen LogP contribution is -2.44. The Morgan fingerprint density at radius 2 is 1.96 bits per heavy atom. The normalized spacial score (nSPS) is 16.8. The van der Waals surface area contributed by atoms with Gasteiger partial charge in [-0.3, -0.25) is 9.69 Å². The summed E-state index contributed by atoms with van der Waals surface area (Å²) in [4.78, 5) is 14.6. The summed E-state index contributed by atoms with van der Waals surface area (Å²) in [7, 11) is 1.84. The van der Waals surface area contributed by atoms with Crippen molar-refractivity contribution in [3.63, 3.8) is 0 Å². The van der Waals surface area contributed by atoms with Crippen molar-refractivity contribution in [2.24, 2.45) is 7.05 Å². The van der Waals surface area contributed by atoms with Crippen LogP contribution in [-0.2, 0) is 11.8 Å². The first-order valence-electron chi connectivity index (χ1n) is 8.12. The molecule has 1 atom stereocenters. The van der Waals surface area contributed by atoms with Crippen LogP contribution in [0.5, 0.6) is 0 Å². The van der Waals surface area contributed by atoms with Crippen LogP contribution in [0.3, 0.4) is 0 Å². The Morgan fingerprint density at radius 3 is 2.58 bits per heavy atom. The molecule has 0 spiro atoms. The summed E-state index contributed by atoms with van der Waals surface area (Å²) in [5.74, 6) is -0.366. The Hall–Kier alpha value is -2.18. The first-order valence-corrected chi connectivity index (χ1v) is 8.12. The Morgan fingerprint density at radius 1 is 1.25 bits per heavy atom. The highest BCUT2D eigenvalue weighted by atomic mass is 19.1. The van der Waals surface area contributed by atoms with Crippen molar-refractivity contribution in [2.75, 3.05) is 32.8 Å². The van der Waals surface area contributed by atoms with Gasteiger partial charge >= 0.3 is 0 Å². The number of carbonyl (C=O) groups is 1. The zero-order valence-electron chi connectivity index (χ0n) is 13.7. The van der Waals surface area contributed by atoms with E-state index in [1.807, 2.05) is 19.3 Å². The summed E-state index contributed by atoms with van der Waals surface area (Å²) >= 11 is 0. The van der Waals surface area contributed by atoms with E-state index >= 15 is 0 Å². The summed E-state index contributed by atoms with van der Waals surface area (Å²) in [6.07, 6.45) is 1.84. The molecule has 1 aromatic heterocycles. The molecule has 128 valence electrons. The number of aromatic nitrogens is 1. The summed E-state index contributed by atoms with van der Waals surface area (Å²) in [6.45, 7) is 3.40. The average Bonchev–Trinajstić information content (AvgIpc) is 3.03. The molecule has 3 rings (SSSR count). The van der Waals surface area contributed by atoms with Crippen LogP contribution < -0.4 is 5.32 Å². The molecule has 1 amide bonds. The molecule has 5 nitrogen and oxygen atoms in total. The third kappa shape index (κ3) is 3.83. The molecule has 1 saturated heterocycles. The maximum atomic E-state index is 13.2. The molecule has 2 heterocycles. The molecule has 24 heavy (non-hydrogen) atoms. The van der Waals surface area contributed by atoms with Crippen molar-refractivity contribution in [1.29, 1.82) is 0 Å². The zero-order valence-corrected chi connectivity index (χ0v) is 13.7. The van der Waals surface area contributed by atoms with E-state index in [-0.39, 0.29) is 17.8 Å². The minimum Gasteiger partial charge on any atom is -0.379 e. The van der Waals surface area contributed by atoms with Crippen LogP contribution in [0.2, 0.25) is 0 Å². The van der Waals surface area contributed by atoms with E-state index in [0.29, 0.717) is 25.5 Å². The second-order valence-corrected chi connectivity index (χ2v) is 5.93. The molecule has 1 N–H and O–H groups in total. The van der Waals surface area contributed by atoms with Gasteiger partial charge in [-0.05, 0) is 29.8 Å². The summed E-state index contributed by atoms with van der Waals surface area (Å²) in [6, 6.07) is 10.1. The monoisotopic (exact) mass is 331 g/mol. The van der Waals surface area contributed by atoms with E-state index in [1.165, 1.54) is 12.1 Å². The van der Waals surface area contributed by atoms with Crippen molar-refractivity contribution in [3.05, 3.63) is 59.7 Å². The Balaban J connectivity index is 1.73. The van der Waals surface area contributed by atoms with Gasteiger partial charge in [-0.15, -0.1) is 0 Å². The first kappa shape index (κ1) is 16.7. The Bertz CT molecular complexity index is 678. The van der Waals surface area contributed by atoms with Crippen LogP contribution in [0.4, 0.5) is 4.39 Å². The molecular formula is C18H22FN3O2. The van der Waals surface area contributed by atoms with Gasteiger partial charge in [-0.1, -0.05) is 12.1 Å². The predicted molar refractivity (Wildman–Crippen MR) is 89.3 cm³/mol. The van der Waals surface area contributed by atoms with E-state index in [2.05, 4.69) is 10.2 Å². The molecule has 6 heteroatoms. The number of morpholine rings is 1. The minimum atomic E-state index is -0.257. The number of aryl methyl sites for hydroxylation is 1. The maximum absolute atomic E-state index is 13.2. The lowest BCUT2D eigenvalue weighted by molar-refractivity contribution is 0.0162.